The fourth-order valence-corrected chi connectivity index (χ4v) is 3.22. The molecule has 2 aromatic rings. The summed E-state index contributed by atoms with van der Waals surface area (Å²) in [7, 11) is 0. The van der Waals surface area contributed by atoms with Crippen LogP contribution in [0.4, 0.5) is 11.4 Å². The first-order valence-corrected chi connectivity index (χ1v) is 9.14. The Morgan fingerprint density at radius 2 is 1.64 bits per heavy atom. The normalized spacial score (nSPS) is 14.0. The van der Waals surface area contributed by atoms with E-state index in [2.05, 4.69) is 10.6 Å². The molecule has 4 nitrogen and oxygen atoms in total. The van der Waals surface area contributed by atoms with Gasteiger partial charge in [0.1, 0.15) is 0 Å². The van der Waals surface area contributed by atoms with Crippen LogP contribution in [0.1, 0.15) is 29.6 Å². The quantitative estimate of drug-likeness (QED) is 0.760. The Labute approximate surface area is 158 Å². The molecular formula is C19H20ClN3OS. The maximum absolute atomic E-state index is 12.8. The number of amides is 1. The molecule has 0 atom stereocenters. The summed E-state index contributed by atoms with van der Waals surface area (Å²) in [5.74, 6) is 0.0529. The van der Waals surface area contributed by atoms with Gasteiger partial charge in [0.15, 0.2) is 5.11 Å². The number of carbonyl (C=O) groups excluding carboxylic acids is 1. The largest absolute Gasteiger partial charge is 0.339 e. The standard InChI is InChI=1S/C19H20ClN3OS/c20-14-8-10-15(11-9-14)21-19(25)22-17-7-3-2-6-16(17)18(24)23-12-4-1-5-13-23/h2-3,6-11H,1,4-5,12-13H2,(H2,21,22,25). The van der Waals surface area contributed by atoms with E-state index in [1.807, 2.05) is 41.3 Å². The van der Waals surface area contributed by atoms with Crippen molar-refractivity contribution in [1.82, 2.24) is 4.90 Å². The summed E-state index contributed by atoms with van der Waals surface area (Å²) in [6, 6.07) is 14.7. The van der Waals surface area contributed by atoms with Gasteiger partial charge in [-0.1, -0.05) is 23.7 Å². The van der Waals surface area contributed by atoms with Crippen LogP contribution in [-0.2, 0) is 0 Å². The van der Waals surface area contributed by atoms with Crippen molar-refractivity contribution < 1.29 is 4.79 Å². The van der Waals surface area contributed by atoms with E-state index in [4.69, 9.17) is 23.8 Å². The molecule has 0 bridgehead atoms. The predicted octanol–water partition coefficient (Wildman–Crippen LogP) is 4.78. The van der Waals surface area contributed by atoms with Gasteiger partial charge in [0.05, 0.1) is 11.3 Å². The minimum absolute atomic E-state index is 0.0529. The Hall–Kier alpha value is -2.11. The maximum atomic E-state index is 12.8. The van der Waals surface area contributed by atoms with Crippen LogP contribution in [0.25, 0.3) is 0 Å². The van der Waals surface area contributed by atoms with E-state index in [1.54, 1.807) is 12.1 Å². The van der Waals surface area contributed by atoms with Crippen LogP contribution in [0.2, 0.25) is 5.02 Å². The van der Waals surface area contributed by atoms with Gasteiger partial charge in [0.25, 0.3) is 5.91 Å². The Balaban J connectivity index is 1.70. The van der Waals surface area contributed by atoms with Gasteiger partial charge >= 0.3 is 0 Å². The van der Waals surface area contributed by atoms with E-state index >= 15 is 0 Å². The van der Waals surface area contributed by atoms with Crippen LogP contribution in [0.3, 0.4) is 0 Å². The zero-order valence-electron chi connectivity index (χ0n) is 13.8. The van der Waals surface area contributed by atoms with E-state index in [0.29, 0.717) is 21.4 Å². The fraction of sp³-hybridized carbons (Fsp3) is 0.263. The number of piperidine rings is 1. The molecule has 1 aliphatic heterocycles. The average molecular weight is 374 g/mol. The third kappa shape index (κ3) is 4.71. The smallest absolute Gasteiger partial charge is 0.255 e. The second-order valence-electron chi connectivity index (χ2n) is 5.98. The van der Waals surface area contributed by atoms with E-state index in [1.165, 1.54) is 6.42 Å². The first kappa shape index (κ1) is 17.7. The monoisotopic (exact) mass is 373 g/mol. The minimum Gasteiger partial charge on any atom is -0.339 e. The van der Waals surface area contributed by atoms with Crippen LogP contribution in [0.5, 0.6) is 0 Å². The van der Waals surface area contributed by atoms with Crippen molar-refractivity contribution in [3.63, 3.8) is 0 Å². The number of hydrogen-bond acceptors (Lipinski definition) is 2. The average Bonchev–Trinajstić information content (AvgIpc) is 2.64. The molecule has 2 N–H and O–H groups in total. The van der Waals surface area contributed by atoms with Gasteiger partial charge < -0.3 is 15.5 Å². The van der Waals surface area contributed by atoms with E-state index in [0.717, 1.165) is 31.6 Å². The summed E-state index contributed by atoms with van der Waals surface area (Å²) >= 11 is 11.3. The van der Waals surface area contributed by atoms with Gasteiger partial charge in [-0.05, 0) is 67.9 Å². The lowest BCUT2D eigenvalue weighted by atomic mass is 10.1. The lowest BCUT2D eigenvalue weighted by Crippen LogP contribution is -2.36. The Morgan fingerprint density at radius 1 is 0.960 bits per heavy atom. The number of para-hydroxylation sites is 1. The van der Waals surface area contributed by atoms with Gasteiger partial charge in [-0.2, -0.15) is 0 Å². The summed E-state index contributed by atoms with van der Waals surface area (Å²) in [6.45, 7) is 1.64. The number of nitrogens with zero attached hydrogens (tertiary/aromatic N) is 1. The van der Waals surface area contributed by atoms with Crippen molar-refractivity contribution in [1.29, 1.82) is 0 Å². The fourth-order valence-electron chi connectivity index (χ4n) is 2.86. The summed E-state index contributed by atoms with van der Waals surface area (Å²) in [5, 5.41) is 7.33. The zero-order chi connectivity index (χ0) is 17.6. The lowest BCUT2D eigenvalue weighted by Gasteiger charge is -2.27. The van der Waals surface area contributed by atoms with E-state index in [-0.39, 0.29) is 5.91 Å². The zero-order valence-corrected chi connectivity index (χ0v) is 15.4. The van der Waals surface area contributed by atoms with Crippen LogP contribution in [-0.4, -0.2) is 29.0 Å². The first-order valence-electron chi connectivity index (χ1n) is 8.35. The molecule has 1 aliphatic rings. The second kappa shape index (κ2) is 8.32. The highest BCUT2D eigenvalue weighted by Crippen LogP contribution is 2.21. The van der Waals surface area contributed by atoms with Crippen molar-refractivity contribution in [3.8, 4) is 0 Å². The third-order valence-electron chi connectivity index (χ3n) is 4.15. The first-order chi connectivity index (χ1) is 12.1. The molecule has 0 aromatic heterocycles. The molecule has 0 spiro atoms. The Bertz CT molecular complexity index is 758. The molecule has 0 radical (unpaired) electrons. The van der Waals surface area contributed by atoms with Crippen molar-refractivity contribution in [2.45, 2.75) is 19.3 Å². The van der Waals surface area contributed by atoms with Crippen LogP contribution < -0.4 is 10.6 Å². The van der Waals surface area contributed by atoms with Crippen LogP contribution in [0, 0.1) is 0 Å². The molecule has 130 valence electrons. The molecule has 1 heterocycles. The summed E-state index contributed by atoms with van der Waals surface area (Å²) in [6.07, 6.45) is 3.33. The number of likely N-dealkylation sites (tertiary alicyclic amines) is 1. The number of hydrogen-bond donors (Lipinski definition) is 2. The van der Waals surface area contributed by atoms with Gasteiger partial charge in [-0.3, -0.25) is 4.79 Å². The van der Waals surface area contributed by atoms with Crippen molar-refractivity contribution in [3.05, 3.63) is 59.1 Å². The second-order valence-corrected chi connectivity index (χ2v) is 6.83. The minimum atomic E-state index is 0.0529. The maximum Gasteiger partial charge on any atom is 0.255 e. The van der Waals surface area contributed by atoms with Gasteiger partial charge in [-0.25, -0.2) is 0 Å². The molecule has 0 aliphatic carbocycles. The van der Waals surface area contributed by atoms with Crippen LogP contribution in [0.15, 0.2) is 48.5 Å². The van der Waals surface area contributed by atoms with Crippen molar-refractivity contribution >= 4 is 46.2 Å². The number of anilines is 2. The van der Waals surface area contributed by atoms with E-state index in [9.17, 15) is 4.79 Å². The molecule has 25 heavy (non-hydrogen) atoms. The molecule has 3 rings (SSSR count). The molecule has 1 amide bonds. The van der Waals surface area contributed by atoms with Gasteiger partial charge in [0, 0.05) is 23.8 Å². The molecule has 1 fully saturated rings. The van der Waals surface area contributed by atoms with Crippen molar-refractivity contribution in [2.75, 3.05) is 23.7 Å². The molecule has 1 saturated heterocycles. The molecule has 6 heteroatoms. The topological polar surface area (TPSA) is 44.4 Å². The van der Waals surface area contributed by atoms with E-state index < -0.39 is 0 Å². The molecular weight excluding hydrogens is 354 g/mol. The summed E-state index contributed by atoms with van der Waals surface area (Å²) < 4.78 is 0. The van der Waals surface area contributed by atoms with Gasteiger partial charge in [-0.15, -0.1) is 0 Å². The highest BCUT2D eigenvalue weighted by molar-refractivity contribution is 7.80. The molecule has 2 aromatic carbocycles. The number of thiocarbonyl (C=S) groups is 1. The molecule has 0 saturated carbocycles. The Morgan fingerprint density at radius 3 is 2.36 bits per heavy atom. The Kier molecular flexibility index (Phi) is 5.89. The highest BCUT2D eigenvalue weighted by Gasteiger charge is 2.20. The summed E-state index contributed by atoms with van der Waals surface area (Å²) in [5.41, 5.74) is 2.19. The number of rotatable bonds is 3. The number of carbonyl (C=O) groups is 1. The number of nitrogens with one attached hydrogen (secondary N) is 2. The summed E-state index contributed by atoms with van der Waals surface area (Å²) in [4.78, 5) is 14.7. The number of halogens is 1. The molecule has 0 unspecified atom stereocenters. The van der Waals surface area contributed by atoms with Gasteiger partial charge in [0.2, 0.25) is 0 Å². The van der Waals surface area contributed by atoms with Crippen molar-refractivity contribution in [2.24, 2.45) is 0 Å². The SMILES string of the molecule is O=C(c1ccccc1NC(=S)Nc1ccc(Cl)cc1)N1CCCCC1. The highest BCUT2D eigenvalue weighted by atomic mass is 35.5. The lowest BCUT2D eigenvalue weighted by molar-refractivity contribution is 0.0725. The third-order valence-corrected chi connectivity index (χ3v) is 4.61. The predicted molar refractivity (Wildman–Crippen MR) is 107 cm³/mol. The number of benzene rings is 2. The van der Waals surface area contributed by atoms with Crippen LogP contribution >= 0.6 is 23.8 Å².